The van der Waals surface area contributed by atoms with Gasteiger partial charge in [-0.25, -0.2) is 9.59 Å². The average Bonchev–Trinajstić information content (AvgIpc) is 1.41. The van der Waals surface area contributed by atoms with Gasteiger partial charge >= 0.3 is 11.9 Å². The van der Waals surface area contributed by atoms with Gasteiger partial charge in [0, 0.05) is 138 Å². The second-order valence-corrected chi connectivity index (χ2v) is 32.6. The standard InChI is InChI=1S/C83H124N32O18S2/c1-114(2)44-20-25-49-61(37-44)132-62-38-45(115(3)4)21-26-50(62)83(49)48-24-19-43(36-47(48)76(131)133-83)65(119)105-52(12-6-30-98-78(87)88)67(121)107-53(13-7-31-99-79(89)90)68(122)108-55(15-9-33-101-81(93)94)70(124)111-57(27-28-63(84)117)72(126)110-54(14-8-32-100-80(91)92)69(123)109-56(16-10-34-102-82(95)96)71(125)112-60(41-135)74(128)113-59(40-134)73(127)106-51(11-5-29-97-77(85)86)66(120)103-39-64(118)104-58(75(129)130)35-42-17-22-46(116)23-18-42/h17-26,36-38,51-60,116,134-135H,5-16,27-35,39-41H2,1-4H3,(H2,84,117)(H,103,120)(H,104,118)(H,105,119)(H,106,127)(H,107,121)(H,108,122)(H,109,123)(H,110,126)(H,111,124)(H,112,125)(H,113,128)(H,129,130)(H4,85,86,97)(H4,87,88,98)(H4,89,90,99)(H4,91,92,100)(H4,93,94,101)(H4,95,96,102)/t51-,52-,53-,54-,55-,56-,57-,58-,59-,60-/m0/s1. The Bertz CT molecular complexity index is 4920. The topological polar surface area (TPSA) is 834 Å². The van der Waals surface area contributed by atoms with Gasteiger partial charge in [-0.3, -0.25) is 90.0 Å². The number of phenols is 1. The number of anilines is 2. The Hall–Kier alpha value is -15.0. The van der Waals surface area contributed by atoms with E-state index < -0.39 is 215 Å². The molecule has 0 saturated heterocycles. The number of primary amides is 1. The van der Waals surface area contributed by atoms with Crippen molar-refractivity contribution in [1.82, 2.24) is 90.4 Å². The fraction of sp³-hybridized carbons (Fsp3) is 0.470. The molecular weight excluding hydrogens is 1800 g/mol. The Morgan fingerprint density at radius 3 is 1.04 bits per heavy atom. The summed E-state index contributed by atoms with van der Waals surface area (Å²) in [6.45, 7) is -1.02. The number of aromatic hydroxyl groups is 1. The van der Waals surface area contributed by atoms with E-state index in [1.165, 1.54) is 36.4 Å². The summed E-state index contributed by atoms with van der Waals surface area (Å²) in [6.07, 6.45) is -2.88. The van der Waals surface area contributed by atoms with Crippen LogP contribution in [0.2, 0.25) is 0 Å². The molecule has 4 aromatic rings. The van der Waals surface area contributed by atoms with Crippen LogP contribution >= 0.6 is 25.3 Å². The molecule has 0 saturated carbocycles. The van der Waals surface area contributed by atoms with E-state index in [0.29, 0.717) is 33.8 Å². The van der Waals surface area contributed by atoms with Crippen LogP contribution in [0.5, 0.6) is 17.2 Å². The third-order valence-corrected chi connectivity index (χ3v) is 21.9. The first kappa shape index (κ1) is 109. The van der Waals surface area contributed by atoms with Gasteiger partial charge in [-0.2, -0.15) is 25.3 Å². The van der Waals surface area contributed by atoms with Crippen molar-refractivity contribution >= 4 is 155 Å². The minimum absolute atomic E-state index is 0.00211. The third-order valence-electron chi connectivity index (χ3n) is 21.1. The lowest BCUT2D eigenvalue weighted by atomic mass is 9.77. The van der Waals surface area contributed by atoms with E-state index >= 15 is 9.59 Å². The van der Waals surface area contributed by atoms with Crippen LogP contribution in [0.3, 0.4) is 0 Å². The molecule has 52 heteroatoms. The molecule has 0 bridgehead atoms. The number of nitrogens with two attached hydrogens (primary N) is 7. The zero-order valence-corrected chi connectivity index (χ0v) is 76.8. The number of hydrogen-bond donors (Lipinski definition) is 34. The maximum absolute atomic E-state index is 15.0. The minimum atomic E-state index is -1.81. The zero-order chi connectivity index (χ0) is 99.9. The molecular formula is C83H124N32O18S2. The van der Waals surface area contributed by atoms with Crippen LogP contribution in [0, 0.1) is 32.5 Å². The van der Waals surface area contributed by atoms with Crippen LogP contribution in [-0.4, -0.2) is 275 Å². The second-order valence-electron chi connectivity index (χ2n) is 31.9. The zero-order valence-electron chi connectivity index (χ0n) is 75.0. The molecule has 0 fully saturated rings. The monoisotopic (exact) mass is 1920 g/mol. The number of carbonyl (C=O) groups excluding carboxylic acids is 13. The van der Waals surface area contributed by atoms with Crippen LogP contribution in [0.4, 0.5) is 11.4 Å². The van der Waals surface area contributed by atoms with Gasteiger partial charge in [-0.1, -0.05) is 18.2 Å². The normalized spacial score (nSPS) is 14.0. The fourth-order valence-electron chi connectivity index (χ4n) is 14.2. The summed E-state index contributed by atoms with van der Waals surface area (Å²) in [5.74, 6) is -17.3. The Kier molecular flexibility index (Phi) is 43.1. The number of guanidine groups is 6. The molecule has 39 N–H and O–H groups in total. The molecule has 10 atom stereocenters. The molecule has 4 aromatic carbocycles. The van der Waals surface area contributed by atoms with Crippen LogP contribution in [0.25, 0.3) is 0 Å². The Labute approximate surface area is 788 Å². The van der Waals surface area contributed by atoms with Gasteiger partial charge in [-0.15, -0.1) is 0 Å². The molecule has 0 aliphatic carbocycles. The van der Waals surface area contributed by atoms with Gasteiger partial charge in [0.25, 0.3) is 5.91 Å². The first-order chi connectivity index (χ1) is 63.9. The van der Waals surface area contributed by atoms with E-state index in [2.05, 4.69) is 116 Å². The van der Waals surface area contributed by atoms with Crippen LogP contribution < -0.4 is 145 Å². The maximum atomic E-state index is 15.0. The molecule has 0 unspecified atom stereocenters. The number of fused-ring (bicyclic) bond motifs is 6. The average molecular weight is 1920 g/mol. The number of amides is 12. The lowest BCUT2D eigenvalue weighted by Crippen LogP contribution is -2.61. The molecule has 6 rings (SSSR count). The van der Waals surface area contributed by atoms with Crippen molar-refractivity contribution in [2.75, 3.05) is 95.3 Å². The summed E-state index contributed by atoms with van der Waals surface area (Å²) in [5, 5.41) is 109. The first-order valence-corrected chi connectivity index (χ1v) is 44.2. The number of nitrogens with zero attached hydrogens (tertiary/aromatic N) is 2. The van der Waals surface area contributed by atoms with E-state index in [4.69, 9.17) is 82.1 Å². The van der Waals surface area contributed by atoms with Crippen molar-refractivity contribution < 1.29 is 86.8 Å². The molecule has 12 amide bonds. The van der Waals surface area contributed by atoms with Crippen molar-refractivity contribution in [3.8, 4) is 17.2 Å². The smallest absolute Gasteiger partial charge is 0.340 e. The lowest BCUT2D eigenvalue weighted by Gasteiger charge is -2.37. The van der Waals surface area contributed by atoms with Crippen molar-refractivity contribution in [1.29, 1.82) is 32.5 Å². The Balaban J connectivity index is 1.25. The summed E-state index contributed by atoms with van der Waals surface area (Å²) in [6, 6.07) is 4.73. The highest BCUT2D eigenvalue weighted by molar-refractivity contribution is 7.80. The highest BCUT2D eigenvalue weighted by atomic mass is 32.1. The van der Waals surface area contributed by atoms with Gasteiger partial charge in [-0.05, 0) is 138 Å². The van der Waals surface area contributed by atoms with Crippen molar-refractivity contribution in [2.45, 2.75) is 162 Å². The number of carboxylic acids is 1. The number of esters is 1. The van der Waals surface area contributed by atoms with Gasteiger partial charge < -0.3 is 160 Å². The number of phenolic OH excluding ortho intramolecular Hbond substituents is 1. The number of benzene rings is 4. The highest BCUT2D eigenvalue weighted by Gasteiger charge is 2.54. The van der Waals surface area contributed by atoms with E-state index in [1.54, 1.807) is 18.2 Å². The van der Waals surface area contributed by atoms with Crippen LogP contribution in [0.15, 0.2) is 78.9 Å². The number of hydrogen-bond acceptors (Lipinski definition) is 27. The SMILES string of the molecule is CN(C)c1ccc2c(c1)Oc1cc(N(C)C)ccc1C21OC(=O)c2cc(C(=O)N[C@@H](CCCNC(=N)N)C(=O)N[C@@H](CCCNC(=N)N)C(=O)N[C@@H](CCCNC(=N)N)C(=O)N[C@@H](CCC(N)=O)C(=O)N[C@@H](CCCNC(=N)N)C(=O)N[C@@H](CCCNC(=N)N)C(=O)N[C@@H](CS)C(=O)N[C@@H](CS)C(=O)N[C@@H](CCCNC(=N)N)C(=O)NCC(=O)N[C@@H](Cc3ccc(O)cc3)C(=O)O)ccc21. The third kappa shape index (κ3) is 34.6. The van der Waals surface area contributed by atoms with E-state index in [-0.39, 0.29) is 140 Å². The second kappa shape index (κ2) is 53.5. The van der Waals surface area contributed by atoms with Crippen LogP contribution in [0.1, 0.15) is 133 Å². The van der Waals surface area contributed by atoms with Crippen LogP contribution in [-0.2, 0) is 74.3 Å². The number of thiol groups is 2. The molecule has 2 aliphatic heterocycles. The molecule has 736 valence electrons. The summed E-state index contributed by atoms with van der Waals surface area (Å²) in [7, 11) is 7.43. The van der Waals surface area contributed by atoms with Gasteiger partial charge in [0.2, 0.25) is 65.0 Å². The molecule has 0 aromatic heterocycles. The fourth-order valence-corrected chi connectivity index (χ4v) is 14.7. The van der Waals surface area contributed by atoms with Crippen molar-refractivity contribution in [3.63, 3.8) is 0 Å². The predicted octanol–water partition coefficient (Wildman–Crippen LogP) is -6.30. The first-order valence-electron chi connectivity index (χ1n) is 42.9. The number of ether oxygens (including phenoxy) is 2. The Morgan fingerprint density at radius 2 is 0.711 bits per heavy atom. The number of nitrogens with one attached hydrogen (secondary N) is 23. The summed E-state index contributed by atoms with van der Waals surface area (Å²) in [5.41, 5.74) is 40.7. The Morgan fingerprint density at radius 1 is 0.393 bits per heavy atom. The van der Waals surface area contributed by atoms with Gasteiger partial charge in [0.05, 0.1) is 12.1 Å². The van der Waals surface area contributed by atoms with E-state index in [0.717, 1.165) is 11.4 Å². The van der Waals surface area contributed by atoms with Gasteiger partial charge in [0.1, 0.15) is 77.7 Å². The minimum Gasteiger partial charge on any atom is -0.508 e. The summed E-state index contributed by atoms with van der Waals surface area (Å²) < 4.78 is 13.0. The summed E-state index contributed by atoms with van der Waals surface area (Å²) >= 11 is 8.54. The number of rotatable bonds is 56. The van der Waals surface area contributed by atoms with E-state index in [9.17, 15) is 67.7 Å². The van der Waals surface area contributed by atoms with Gasteiger partial charge in [0.15, 0.2) is 41.4 Å². The van der Waals surface area contributed by atoms with Crippen molar-refractivity contribution in [3.05, 3.63) is 112 Å². The number of carbonyl (C=O) groups is 14. The van der Waals surface area contributed by atoms with Crippen molar-refractivity contribution in [2.24, 2.45) is 40.1 Å². The van der Waals surface area contributed by atoms with E-state index in [1.807, 2.05) is 62.3 Å². The molecule has 2 heterocycles. The highest BCUT2D eigenvalue weighted by Crippen LogP contribution is 2.57. The largest absolute Gasteiger partial charge is 0.508 e. The molecule has 0 radical (unpaired) electrons. The molecule has 50 nitrogen and oxygen atoms in total. The molecule has 1 spiro atoms. The summed E-state index contributed by atoms with van der Waals surface area (Å²) in [4.78, 5) is 202. The molecule has 2 aliphatic rings. The quantitative estimate of drug-likeness (QED) is 0.00643. The maximum Gasteiger partial charge on any atom is 0.340 e. The predicted molar refractivity (Wildman–Crippen MR) is 505 cm³/mol. The number of aliphatic carboxylic acids is 1. The number of carboxylic acid groups (broad SMARTS) is 1. The lowest BCUT2D eigenvalue weighted by molar-refractivity contribution is -0.141. The molecule has 135 heavy (non-hydrogen) atoms.